The monoisotopic (exact) mass is 336 g/mol. The Balaban J connectivity index is 2.31. The van der Waals surface area contributed by atoms with Crippen LogP contribution in [0.4, 0.5) is 0 Å². The molecular formula is C18H32N4O2. The third-order valence-electron chi connectivity index (χ3n) is 3.54. The zero-order valence-electron chi connectivity index (χ0n) is 15.3. The van der Waals surface area contributed by atoms with Gasteiger partial charge in [0.25, 0.3) is 0 Å². The standard InChI is InChI=1S/C18H32N4O2/c1-4-16(2)22-18(20-11-7-13-24-15-14-23-3)21-12-9-17-8-5-6-10-19-17/h5-6,8,10,16H,4,7,9,11-15H2,1-3H3,(H2,20,21,22). The first-order chi connectivity index (χ1) is 11.8. The summed E-state index contributed by atoms with van der Waals surface area (Å²) in [5.74, 6) is 0.858. The molecule has 6 nitrogen and oxygen atoms in total. The van der Waals surface area contributed by atoms with Crippen LogP contribution < -0.4 is 10.6 Å². The topological polar surface area (TPSA) is 67.8 Å². The van der Waals surface area contributed by atoms with Crippen LogP contribution in [-0.2, 0) is 15.9 Å². The molecule has 24 heavy (non-hydrogen) atoms. The minimum absolute atomic E-state index is 0.393. The first-order valence-corrected chi connectivity index (χ1v) is 8.77. The van der Waals surface area contributed by atoms with Crippen LogP contribution in [0.5, 0.6) is 0 Å². The molecule has 2 N–H and O–H groups in total. The minimum atomic E-state index is 0.393. The van der Waals surface area contributed by atoms with Gasteiger partial charge in [-0.15, -0.1) is 0 Å². The van der Waals surface area contributed by atoms with Crippen molar-refractivity contribution in [3.8, 4) is 0 Å². The molecule has 0 aliphatic heterocycles. The Labute approximate surface area is 146 Å². The number of hydrogen-bond acceptors (Lipinski definition) is 4. The Morgan fingerprint density at radius 3 is 2.88 bits per heavy atom. The first-order valence-electron chi connectivity index (χ1n) is 8.77. The van der Waals surface area contributed by atoms with Crippen molar-refractivity contribution in [3.05, 3.63) is 30.1 Å². The van der Waals surface area contributed by atoms with Crippen LogP contribution in [0.15, 0.2) is 29.4 Å². The number of pyridine rings is 1. The molecule has 1 atom stereocenters. The van der Waals surface area contributed by atoms with Gasteiger partial charge in [-0.05, 0) is 31.9 Å². The summed E-state index contributed by atoms with van der Waals surface area (Å²) in [5, 5.41) is 6.80. The van der Waals surface area contributed by atoms with Crippen LogP contribution in [0.2, 0.25) is 0 Å². The van der Waals surface area contributed by atoms with Crippen LogP contribution in [0.3, 0.4) is 0 Å². The van der Waals surface area contributed by atoms with Crippen molar-refractivity contribution in [2.45, 2.75) is 39.2 Å². The van der Waals surface area contributed by atoms with Gasteiger partial charge in [-0.2, -0.15) is 0 Å². The van der Waals surface area contributed by atoms with Gasteiger partial charge >= 0.3 is 0 Å². The number of ether oxygens (including phenoxy) is 2. The Morgan fingerprint density at radius 1 is 1.29 bits per heavy atom. The van der Waals surface area contributed by atoms with Gasteiger partial charge in [-0.1, -0.05) is 13.0 Å². The lowest BCUT2D eigenvalue weighted by Crippen LogP contribution is -2.43. The predicted molar refractivity (Wildman–Crippen MR) is 98.4 cm³/mol. The predicted octanol–water partition coefficient (Wildman–Crippen LogP) is 2.01. The molecule has 0 aliphatic rings. The lowest BCUT2D eigenvalue weighted by atomic mass is 10.2. The summed E-state index contributed by atoms with van der Waals surface area (Å²) >= 11 is 0. The maximum atomic E-state index is 5.45. The third kappa shape index (κ3) is 10.2. The molecule has 0 aliphatic carbocycles. The highest BCUT2D eigenvalue weighted by Crippen LogP contribution is 1.94. The van der Waals surface area contributed by atoms with Crippen molar-refractivity contribution in [1.29, 1.82) is 0 Å². The molecule has 1 unspecified atom stereocenters. The number of aromatic nitrogens is 1. The van der Waals surface area contributed by atoms with E-state index in [0.717, 1.165) is 44.0 Å². The second-order valence-electron chi connectivity index (χ2n) is 5.64. The molecule has 1 heterocycles. The molecule has 0 amide bonds. The zero-order chi connectivity index (χ0) is 17.5. The molecule has 0 saturated carbocycles. The third-order valence-corrected chi connectivity index (χ3v) is 3.54. The normalized spacial score (nSPS) is 12.9. The highest BCUT2D eigenvalue weighted by atomic mass is 16.5. The van der Waals surface area contributed by atoms with E-state index < -0.39 is 0 Å². The fourth-order valence-electron chi connectivity index (χ4n) is 1.94. The molecule has 0 aromatic carbocycles. The van der Waals surface area contributed by atoms with E-state index in [1.807, 2.05) is 24.4 Å². The molecule has 0 bridgehead atoms. The van der Waals surface area contributed by atoms with E-state index in [1.54, 1.807) is 7.11 Å². The van der Waals surface area contributed by atoms with Crippen molar-refractivity contribution in [3.63, 3.8) is 0 Å². The smallest absolute Gasteiger partial charge is 0.191 e. The van der Waals surface area contributed by atoms with Crippen LogP contribution in [0.1, 0.15) is 32.4 Å². The SMILES string of the molecule is CCC(C)NC(=NCCCOCCOC)NCCc1ccccn1. The molecule has 6 heteroatoms. The fraction of sp³-hybridized carbons (Fsp3) is 0.667. The second kappa shape index (κ2) is 13.7. The molecule has 0 radical (unpaired) electrons. The van der Waals surface area contributed by atoms with Crippen LogP contribution in [-0.4, -0.2) is 57.0 Å². The Bertz CT molecular complexity index is 440. The van der Waals surface area contributed by atoms with Gasteiger partial charge in [0.1, 0.15) is 0 Å². The van der Waals surface area contributed by atoms with Crippen LogP contribution >= 0.6 is 0 Å². The summed E-state index contributed by atoms with van der Waals surface area (Å²) in [6.07, 6.45) is 4.66. The van der Waals surface area contributed by atoms with E-state index in [1.165, 1.54) is 0 Å². The summed E-state index contributed by atoms with van der Waals surface area (Å²) in [6, 6.07) is 6.38. The molecule has 136 valence electrons. The van der Waals surface area contributed by atoms with E-state index in [2.05, 4.69) is 34.5 Å². The number of methoxy groups -OCH3 is 1. The lowest BCUT2D eigenvalue weighted by Gasteiger charge is -2.17. The number of nitrogens with one attached hydrogen (secondary N) is 2. The van der Waals surface area contributed by atoms with Gasteiger partial charge in [-0.3, -0.25) is 9.98 Å². The number of guanidine groups is 1. The maximum absolute atomic E-state index is 5.45. The fourth-order valence-corrected chi connectivity index (χ4v) is 1.94. The van der Waals surface area contributed by atoms with Gasteiger partial charge in [-0.25, -0.2) is 0 Å². The minimum Gasteiger partial charge on any atom is -0.382 e. The van der Waals surface area contributed by atoms with Crippen molar-refractivity contribution in [2.75, 3.05) is 40.0 Å². The van der Waals surface area contributed by atoms with E-state index in [-0.39, 0.29) is 0 Å². The van der Waals surface area contributed by atoms with Gasteiger partial charge < -0.3 is 20.1 Å². The average Bonchev–Trinajstić information content (AvgIpc) is 2.61. The van der Waals surface area contributed by atoms with E-state index in [9.17, 15) is 0 Å². The highest BCUT2D eigenvalue weighted by Gasteiger charge is 2.03. The van der Waals surface area contributed by atoms with Crippen LogP contribution in [0.25, 0.3) is 0 Å². The number of rotatable bonds is 12. The quantitative estimate of drug-likeness (QED) is 0.347. The number of nitrogens with zero attached hydrogens (tertiary/aromatic N) is 2. The summed E-state index contributed by atoms with van der Waals surface area (Å²) < 4.78 is 10.4. The van der Waals surface area contributed by atoms with Gasteiger partial charge in [0.05, 0.1) is 13.2 Å². The lowest BCUT2D eigenvalue weighted by molar-refractivity contribution is 0.0702. The van der Waals surface area contributed by atoms with E-state index >= 15 is 0 Å². The molecular weight excluding hydrogens is 304 g/mol. The first kappa shape index (κ1) is 20.4. The van der Waals surface area contributed by atoms with Crippen molar-refractivity contribution in [2.24, 2.45) is 4.99 Å². The average molecular weight is 336 g/mol. The summed E-state index contributed by atoms with van der Waals surface area (Å²) in [7, 11) is 1.68. The van der Waals surface area contributed by atoms with Crippen LogP contribution in [0, 0.1) is 0 Å². The molecule has 0 saturated heterocycles. The Hall–Kier alpha value is -1.66. The second-order valence-corrected chi connectivity index (χ2v) is 5.64. The molecule has 0 fully saturated rings. The van der Waals surface area contributed by atoms with E-state index in [4.69, 9.17) is 9.47 Å². The number of hydrogen-bond donors (Lipinski definition) is 2. The van der Waals surface area contributed by atoms with Gasteiger partial charge in [0.2, 0.25) is 0 Å². The van der Waals surface area contributed by atoms with Gasteiger partial charge in [0.15, 0.2) is 5.96 Å². The summed E-state index contributed by atoms with van der Waals surface area (Å²) in [6.45, 7) is 7.85. The summed E-state index contributed by atoms with van der Waals surface area (Å²) in [4.78, 5) is 8.96. The Morgan fingerprint density at radius 2 is 2.17 bits per heavy atom. The van der Waals surface area contributed by atoms with Crippen molar-refractivity contribution >= 4 is 5.96 Å². The van der Waals surface area contributed by atoms with Gasteiger partial charge in [0, 0.05) is 51.2 Å². The van der Waals surface area contributed by atoms with E-state index in [0.29, 0.717) is 25.9 Å². The zero-order valence-corrected chi connectivity index (χ0v) is 15.3. The molecule has 0 spiro atoms. The highest BCUT2D eigenvalue weighted by molar-refractivity contribution is 5.80. The number of aliphatic imine (C=N–C) groups is 1. The maximum Gasteiger partial charge on any atom is 0.191 e. The molecule has 1 aromatic heterocycles. The molecule has 1 rings (SSSR count). The van der Waals surface area contributed by atoms with Crippen molar-refractivity contribution in [1.82, 2.24) is 15.6 Å². The Kier molecular flexibility index (Phi) is 11.7. The summed E-state index contributed by atoms with van der Waals surface area (Å²) in [5.41, 5.74) is 1.08. The van der Waals surface area contributed by atoms with Crippen molar-refractivity contribution < 1.29 is 9.47 Å². The molecule has 1 aromatic rings. The largest absolute Gasteiger partial charge is 0.382 e.